The van der Waals surface area contributed by atoms with Crippen LogP contribution in [0.5, 0.6) is 11.5 Å². The van der Waals surface area contributed by atoms with Gasteiger partial charge in [0.15, 0.2) is 17.2 Å². The number of phenols is 1. The Hall–Kier alpha value is -4.28. The van der Waals surface area contributed by atoms with Crippen LogP contribution in [0.15, 0.2) is 52.4 Å². The fourth-order valence-corrected chi connectivity index (χ4v) is 2.31. The number of aromatic amines is 1. The van der Waals surface area contributed by atoms with E-state index in [-0.39, 0.29) is 34.4 Å². The Morgan fingerprint density at radius 1 is 1.29 bits per heavy atom. The number of non-ortho nitro benzene ring substituents is 1. The maximum atomic E-state index is 12.1. The van der Waals surface area contributed by atoms with Gasteiger partial charge in [-0.25, -0.2) is 5.43 Å². The fourth-order valence-electron chi connectivity index (χ4n) is 2.31. The highest BCUT2D eigenvalue weighted by molar-refractivity contribution is 5.86. The molecule has 142 valence electrons. The molecule has 0 fully saturated rings. The molecule has 3 aromatic rings. The highest BCUT2D eigenvalue weighted by Crippen LogP contribution is 2.33. The number of nitrogens with zero attached hydrogens (tertiary/aromatic N) is 4. The van der Waals surface area contributed by atoms with Gasteiger partial charge in [-0.2, -0.15) is 5.10 Å². The molecule has 0 atom stereocenters. The van der Waals surface area contributed by atoms with Gasteiger partial charge in [-0.3, -0.25) is 19.9 Å². The summed E-state index contributed by atoms with van der Waals surface area (Å²) in [5, 5.41) is 32.5. The molecule has 0 radical (unpaired) electrons. The Labute approximate surface area is 157 Å². The summed E-state index contributed by atoms with van der Waals surface area (Å²) in [5.41, 5.74) is 2.49. The fraction of sp³-hybridized carbons (Fsp3) is 0.0588. The number of nitrogens with one attached hydrogen (secondary N) is 2. The van der Waals surface area contributed by atoms with E-state index in [9.17, 15) is 20.0 Å². The predicted octanol–water partition coefficient (Wildman–Crippen LogP) is 1.90. The number of nitro groups is 1. The van der Waals surface area contributed by atoms with Gasteiger partial charge in [0.1, 0.15) is 0 Å². The lowest BCUT2D eigenvalue weighted by molar-refractivity contribution is -0.385. The molecule has 1 aromatic heterocycles. The van der Waals surface area contributed by atoms with Crippen LogP contribution in [-0.4, -0.2) is 38.5 Å². The van der Waals surface area contributed by atoms with Crippen LogP contribution in [-0.2, 0) is 0 Å². The third-order valence-corrected chi connectivity index (χ3v) is 3.64. The van der Waals surface area contributed by atoms with Crippen molar-refractivity contribution >= 4 is 17.9 Å². The Morgan fingerprint density at radius 3 is 2.68 bits per heavy atom. The largest absolute Gasteiger partial charge is 0.504 e. The molecule has 0 bridgehead atoms. The van der Waals surface area contributed by atoms with Crippen LogP contribution in [0.1, 0.15) is 5.56 Å². The van der Waals surface area contributed by atoms with Crippen molar-refractivity contribution < 1.29 is 14.8 Å². The second-order valence-electron chi connectivity index (χ2n) is 5.43. The predicted molar refractivity (Wildman–Crippen MR) is 101 cm³/mol. The van der Waals surface area contributed by atoms with Gasteiger partial charge < -0.3 is 9.84 Å². The number of ether oxygens (including phenoxy) is 1. The molecule has 2 aromatic carbocycles. The number of aromatic hydroxyl groups is 1. The third kappa shape index (κ3) is 3.93. The van der Waals surface area contributed by atoms with E-state index in [0.717, 1.165) is 18.3 Å². The van der Waals surface area contributed by atoms with E-state index in [1.165, 1.54) is 7.11 Å². The minimum absolute atomic E-state index is 0.0368. The summed E-state index contributed by atoms with van der Waals surface area (Å²) in [6.07, 6.45) is 1.12. The number of rotatable bonds is 6. The number of H-pyrrole nitrogens is 1. The summed E-state index contributed by atoms with van der Waals surface area (Å²) in [7, 11) is 1.27. The van der Waals surface area contributed by atoms with Crippen LogP contribution in [0.25, 0.3) is 11.3 Å². The lowest BCUT2D eigenvalue weighted by atomic mass is 10.2. The summed E-state index contributed by atoms with van der Waals surface area (Å²) in [6.45, 7) is 0. The average molecular weight is 382 g/mol. The number of methoxy groups -OCH3 is 1. The van der Waals surface area contributed by atoms with Gasteiger partial charge in [0.25, 0.3) is 11.2 Å². The number of nitro benzene ring substituents is 1. The molecular formula is C17H14N6O5. The van der Waals surface area contributed by atoms with Crippen molar-refractivity contribution in [2.75, 3.05) is 12.5 Å². The van der Waals surface area contributed by atoms with Crippen molar-refractivity contribution in [3.63, 3.8) is 0 Å². The molecule has 0 spiro atoms. The van der Waals surface area contributed by atoms with Crippen molar-refractivity contribution in [1.29, 1.82) is 0 Å². The van der Waals surface area contributed by atoms with Gasteiger partial charge >= 0.3 is 0 Å². The van der Waals surface area contributed by atoms with Gasteiger partial charge in [0.2, 0.25) is 5.95 Å². The maximum absolute atomic E-state index is 12.1. The monoisotopic (exact) mass is 382 g/mol. The molecule has 1 heterocycles. The van der Waals surface area contributed by atoms with Crippen molar-refractivity contribution in [2.45, 2.75) is 0 Å². The minimum Gasteiger partial charge on any atom is -0.504 e. The van der Waals surface area contributed by atoms with Crippen LogP contribution >= 0.6 is 0 Å². The first kappa shape index (κ1) is 18.5. The van der Waals surface area contributed by atoms with Crippen LogP contribution in [0.2, 0.25) is 0 Å². The van der Waals surface area contributed by atoms with Crippen molar-refractivity contribution in [2.24, 2.45) is 5.10 Å². The Balaban J connectivity index is 1.82. The summed E-state index contributed by atoms with van der Waals surface area (Å²) >= 11 is 0. The quantitative estimate of drug-likeness (QED) is 0.331. The lowest BCUT2D eigenvalue weighted by Gasteiger charge is -2.06. The van der Waals surface area contributed by atoms with E-state index in [0.29, 0.717) is 5.56 Å². The minimum atomic E-state index is -0.627. The van der Waals surface area contributed by atoms with E-state index in [1.807, 2.05) is 6.07 Å². The highest BCUT2D eigenvalue weighted by Gasteiger charge is 2.15. The SMILES string of the molecule is COc1cc([N+](=O)[O-])cc(/C=N/Nc2nnc(-c3ccccc3)c(=O)[nH]2)c1O. The maximum Gasteiger partial charge on any atom is 0.279 e. The third-order valence-electron chi connectivity index (χ3n) is 3.64. The molecule has 28 heavy (non-hydrogen) atoms. The number of hydrogen-bond acceptors (Lipinski definition) is 9. The van der Waals surface area contributed by atoms with Gasteiger partial charge in [-0.05, 0) is 0 Å². The lowest BCUT2D eigenvalue weighted by Crippen LogP contribution is -2.15. The second kappa shape index (κ2) is 7.95. The molecule has 0 saturated heterocycles. The standard InChI is InChI=1S/C17H14N6O5/c1-28-13-8-12(23(26)27)7-11(15(13)24)9-18-21-17-19-16(25)14(20-22-17)10-5-3-2-4-6-10/h2-9,24H,1H3,(H2,19,21,22,25)/b18-9+. The van der Waals surface area contributed by atoms with E-state index in [4.69, 9.17) is 4.74 Å². The van der Waals surface area contributed by atoms with E-state index in [2.05, 4.69) is 25.7 Å². The summed E-state index contributed by atoms with van der Waals surface area (Å²) in [4.78, 5) is 25.0. The second-order valence-corrected chi connectivity index (χ2v) is 5.43. The van der Waals surface area contributed by atoms with Crippen LogP contribution in [0.4, 0.5) is 11.6 Å². The zero-order valence-corrected chi connectivity index (χ0v) is 14.5. The van der Waals surface area contributed by atoms with E-state index < -0.39 is 10.5 Å². The Kier molecular flexibility index (Phi) is 5.25. The van der Waals surface area contributed by atoms with E-state index >= 15 is 0 Å². The average Bonchev–Trinajstić information content (AvgIpc) is 2.70. The van der Waals surface area contributed by atoms with E-state index in [1.54, 1.807) is 24.3 Å². The topological polar surface area (TPSA) is 156 Å². The first-order chi connectivity index (χ1) is 13.5. The van der Waals surface area contributed by atoms with Gasteiger partial charge in [0, 0.05) is 17.2 Å². The molecule has 0 aliphatic carbocycles. The Morgan fingerprint density at radius 2 is 2.04 bits per heavy atom. The van der Waals surface area contributed by atoms with Crippen molar-refractivity contribution in [3.05, 3.63) is 68.5 Å². The van der Waals surface area contributed by atoms with Crippen LogP contribution < -0.4 is 15.7 Å². The molecule has 3 rings (SSSR count). The molecule has 11 heteroatoms. The summed E-state index contributed by atoms with van der Waals surface area (Å²) in [6, 6.07) is 11.0. The number of anilines is 1. The zero-order valence-electron chi connectivity index (χ0n) is 14.5. The number of hydrogen-bond donors (Lipinski definition) is 3. The van der Waals surface area contributed by atoms with Crippen molar-refractivity contribution in [1.82, 2.24) is 15.2 Å². The normalized spacial score (nSPS) is 10.8. The van der Waals surface area contributed by atoms with Gasteiger partial charge in [0.05, 0.1) is 24.3 Å². The number of phenolic OH excluding ortho intramolecular Hbond substituents is 1. The molecule has 0 aliphatic rings. The molecule has 0 unspecified atom stereocenters. The number of benzene rings is 2. The molecule has 11 nitrogen and oxygen atoms in total. The molecule has 0 aliphatic heterocycles. The van der Waals surface area contributed by atoms with Crippen LogP contribution in [0.3, 0.4) is 0 Å². The smallest absolute Gasteiger partial charge is 0.279 e. The molecule has 3 N–H and O–H groups in total. The first-order valence-electron chi connectivity index (χ1n) is 7.86. The summed E-state index contributed by atoms with van der Waals surface area (Å²) < 4.78 is 4.91. The van der Waals surface area contributed by atoms with Crippen molar-refractivity contribution in [3.8, 4) is 22.8 Å². The van der Waals surface area contributed by atoms with Crippen LogP contribution in [0, 0.1) is 10.1 Å². The zero-order chi connectivity index (χ0) is 20.1. The van der Waals surface area contributed by atoms with Gasteiger partial charge in [-0.15, -0.1) is 10.2 Å². The summed E-state index contributed by atoms with van der Waals surface area (Å²) in [5.74, 6) is -0.438. The Bertz CT molecular complexity index is 1100. The number of aromatic nitrogens is 3. The molecule has 0 amide bonds. The number of hydrazone groups is 1. The first-order valence-corrected chi connectivity index (χ1v) is 7.86. The highest BCUT2D eigenvalue weighted by atomic mass is 16.6. The van der Waals surface area contributed by atoms with Gasteiger partial charge in [-0.1, -0.05) is 30.3 Å². The molecular weight excluding hydrogens is 368 g/mol. The molecule has 0 saturated carbocycles.